The maximum atomic E-state index is 5.90. The van der Waals surface area contributed by atoms with E-state index in [2.05, 4.69) is 53.3 Å². The molecule has 0 saturated heterocycles. The van der Waals surface area contributed by atoms with Gasteiger partial charge in [0.15, 0.2) is 0 Å². The molecule has 17 heavy (non-hydrogen) atoms. The van der Waals surface area contributed by atoms with E-state index in [4.69, 9.17) is 4.74 Å². The van der Waals surface area contributed by atoms with E-state index < -0.39 is 0 Å². The van der Waals surface area contributed by atoms with Crippen LogP contribution in [0.25, 0.3) is 5.57 Å². The molecule has 0 radical (unpaired) electrons. The summed E-state index contributed by atoms with van der Waals surface area (Å²) < 4.78 is 5.90. The lowest BCUT2D eigenvalue weighted by Crippen LogP contribution is -2.23. The first kappa shape index (κ1) is 13.8. The van der Waals surface area contributed by atoms with Crippen LogP contribution in [0.2, 0.25) is 0 Å². The van der Waals surface area contributed by atoms with E-state index in [0.29, 0.717) is 5.92 Å². The largest absolute Gasteiger partial charge is 0.488 e. The summed E-state index contributed by atoms with van der Waals surface area (Å²) in [5.74, 6) is 1.41. The van der Waals surface area contributed by atoms with Crippen LogP contribution >= 0.6 is 0 Å². The molecule has 1 aromatic carbocycles. The van der Waals surface area contributed by atoms with Gasteiger partial charge in [-0.3, -0.25) is 0 Å². The number of ether oxygens (including phenoxy) is 1. The number of allylic oxidation sites excluding steroid dienone is 1. The van der Waals surface area contributed by atoms with E-state index in [1.165, 1.54) is 11.1 Å². The van der Waals surface area contributed by atoms with E-state index in [1.807, 2.05) is 13.0 Å². The Balaban J connectivity index is 3.15. The molecule has 0 aliphatic heterocycles. The number of benzene rings is 1. The Morgan fingerprint density at radius 2 is 1.82 bits per heavy atom. The van der Waals surface area contributed by atoms with Crippen LogP contribution in [0.3, 0.4) is 0 Å². The molecule has 0 amide bonds. The molecule has 1 aromatic rings. The van der Waals surface area contributed by atoms with Crippen LogP contribution in [0.5, 0.6) is 5.75 Å². The lowest BCUT2D eigenvalue weighted by atomic mass is 9.93. The second-order valence-corrected chi connectivity index (χ2v) is 5.90. The normalized spacial score (nSPS) is 11.7. The van der Waals surface area contributed by atoms with Gasteiger partial charge in [-0.1, -0.05) is 32.1 Å². The van der Waals surface area contributed by atoms with Gasteiger partial charge in [0, 0.05) is 0 Å². The Kier molecular flexibility index (Phi) is 4.03. The second kappa shape index (κ2) is 4.95. The fourth-order valence-corrected chi connectivity index (χ4v) is 1.82. The van der Waals surface area contributed by atoms with E-state index in [9.17, 15) is 0 Å². The van der Waals surface area contributed by atoms with Gasteiger partial charge in [0.25, 0.3) is 0 Å². The lowest BCUT2D eigenvalue weighted by molar-refractivity contribution is 0.131. The molecule has 1 nitrogen and oxygen atoms in total. The van der Waals surface area contributed by atoms with Gasteiger partial charge in [0.1, 0.15) is 11.4 Å². The zero-order chi connectivity index (χ0) is 13.2. The predicted molar refractivity (Wildman–Crippen MR) is 75.6 cm³/mol. The molecule has 0 unspecified atom stereocenters. The van der Waals surface area contributed by atoms with Gasteiger partial charge in [0.2, 0.25) is 0 Å². The molecule has 0 atom stereocenters. The van der Waals surface area contributed by atoms with Crippen molar-refractivity contribution in [3.63, 3.8) is 0 Å². The highest BCUT2D eigenvalue weighted by molar-refractivity contribution is 5.66. The van der Waals surface area contributed by atoms with Gasteiger partial charge in [-0.15, -0.1) is 0 Å². The minimum absolute atomic E-state index is 0.154. The van der Waals surface area contributed by atoms with E-state index in [0.717, 1.165) is 11.3 Å². The number of hydrogen-bond acceptors (Lipinski definition) is 1. The van der Waals surface area contributed by atoms with E-state index in [1.54, 1.807) is 0 Å². The predicted octanol–water partition coefficient (Wildman–Crippen LogP) is 5.02. The molecule has 0 aliphatic rings. The summed E-state index contributed by atoms with van der Waals surface area (Å²) in [7, 11) is 0. The third-order valence-electron chi connectivity index (χ3n) is 2.53. The molecule has 0 spiro atoms. The van der Waals surface area contributed by atoms with Gasteiger partial charge < -0.3 is 4.74 Å². The SMILES string of the molecule is C=C(C)c1ccc(OC(C)(C)C)cc1C(C)C. The standard InChI is InChI=1S/C16H24O/c1-11(2)14-9-8-13(17-16(5,6)7)10-15(14)12(3)4/h8-10,12H,1H2,2-7H3. The van der Waals surface area contributed by atoms with Crippen LogP contribution in [0.1, 0.15) is 58.6 Å². The van der Waals surface area contributed by atoms with Gasteiger partial charge in [-0.2, -0.15) is 0 Å². The molecule has 1 heteroatoms. The highest BCUT2D eigenvalue weighted by Gasteiger charge is 2.14. The molecule has 0 N–H and O–H groups in total. The Morgan fingerprint density at radius 3 is 2.24 bits per heavy atom. The molecule has 0 aromatic heterocycles. The Labute approximate surface area is 106 Å². The van der Waals surface area contributed by atoms with Crippen molar-refractivity contribution in [3.8, 4) is 5.75 Å². The van der Waals surface area contributed by atoms with Gasteiger partial charge in [-0.25, -0.2) is 0 Å². The zero-order valence-corrected chi connectivity index (χ0v) is 11.9. The average molecular weight is 232 g/mol. The van der Waals surface area contributed by atoms with Gasteiger partial charge >= 0.3 is 0 Å². The summed E-state index contributed by atoms with van der Waals surface area (Å²) in [6, 6.07) is 6.28. The van der Waals surface area contributed by atoms with Crippen molar-refractivity contribution < 1.29 is 4.74 Å². The number of hydrogen-bond donors (Lipinski definition) is 0. The molecular formula is C16H24O. The fraction of sp³-hybridized carbons (Fsp3) is 0.500. The van der Waals surface area contributed by atoms with Crippen LogP contribution in [0, 0.1) is 0 Å². The van der Waals surface area contributed by atoms with Crippen molar-refractivity contribution >= 4 is 5.57 Å². The van der Waals surface area contributed by atoms with Crippen LogP contribution in [0.15, 0.2) is 24.8 Å². The highest BCUT2D eigenvalue weighted by atomic mass is 16.5. The van der Waals surface area contributed by atoms with Crippen molar-refractivity contribution in [2.45, 2.75) is 53.1 Å². The first-order valence-corrected chi connectivity index (χ1v) is 6.19. The molecule has 0 saturated carbocycles. The van der Waals surface area contributed by atoms with Crippen molar-refractivity contribution in [2.75, 3.05) is 0 Å². The quantitative estimate of drug-likeness (QED) is 0.711. The molecule has 0 aliphatic carbocycles. The van der Waals surface area contributed by atoms with Crippen LogP contribution in [0.4, 0.5) is 0 Å². The molecule has 94 valence electrons. The first-order chi connectivity index (χ1) is 7.70. The molecular weight excluding hydrogens is 208 g/mol. The second-order valence-electron chi connectivity index (χ2n) is 5.90. The Morgan fingerprint density at radius 1 is 1.24 bits per heavy atom. The van der Waals surface area contributed by atoms with Crippen molar-refractivity contribution in [3.05, 3.63) is 35.9 Å². The topological polar surface area (TPSA) is 9.23 Å². The average Bonchev–Trinajstić information content (AvgIpc) is 2.14. The first-order valence-electron chi connectivity index (χ1n) is 6.19. The summed E-state index contributed by atoms with van der Waals surface area (Å²) in [5, 5.41) is 0. The van der Waals surface area contributed by atoms with Gasteiger partial charge in [0.05, 0.1) is 0 Å². The molecule has 1 rings (SSSR count). The summed E-state index contributed by atoms with van der Waals surface area (Å²) in [4.78, 5) is 0. The lowest BCUT2D eigenvalue weighted by Gasteiger charge is -2.23. The molecule has 0 fully saturated rings. The maximum absolute atomic E-state index is 5.90. The monoisotopic (exact) mass is 232 g/mol. The van der Waals surface area contributed by atoms with Crippen LogP contribution in [-0.4, -0.2) is 5.60 Å². The zero-order valence-electron chi connectivity index (χ0n) is 11.9. The number of rotatable bonds is 3. The van der Waals surface area contributed by atoms with Crippen molar-refractivity contribution in [1.82, 2.24) is 0 Å². The van der Waals surface area contributed by atoms with Crippen molar-refractivity contribution in [1.29, 1.82) is 0 Å². The summed E-state index contributed by atoms with van der Waals surface area (Å²) in [5.41, 5.74) is 3.50. The third kappa shape index (κ3) is 3.92. The summed E-state index contributed by atoms with van der Waals surface area (Å²) in [6.07, 6.45) is 0. The van der Waals surface area contributed by atoms with E-state index >= 15 is 0 Å². The molecule has 0 bridgehead atoms. The van der Waals surface area contributed by atoms with E-state index in [-0.39, 0.29) is 5.60 Å². The van der Waals surface area contributed by atoms with Crippen molar-refractivity contribution in [2.24, 2.45) is 0 Å². The third-order valence-corrected chi connectivity index (χ3v) is 2.53. The fourth-order valence-electron chi connectivity index (χ4n) is 1.82. The summed E-state index contributed by atoms with van der Waals surface area (Å²) >= 11 is 0. The Hall–Kier alpha value is -1.24. The van der Waals surface area contributed by atoms with Crippen LogP contribution < -0.4 is 4.74 Å². The smallest absolute Gasteiger partial charge is 0.120 e. The maximum Gasteiger partial charge on any atom is 0.120 e. The molecule has 0 heterocycles. The Bertz CT molecular complexity index is 408. The minimum Gasteiger partial charge on any atom is -0.488 e. The van der Waals surface area contributed by atoms with Crippen LogP contribution in [-0.2, 0) is 0 Å². The van der Waals surface area contributed by atoms with Gasteiger partial charge in [-0.05, 0) is 56.9 Å². The summed E-state index contributed by atoms with van der Waals surface area (Å²) in [6.45, 7) is 16.7. The highest BCUT2D eigenvalue weighted by Crippen LogP contribution is 2.30. The minimum atomic E-state index is -0.154.